The molecule has 1 aromatic rings. The van der Waals surface area contributed by atoms with Gasteiger partial charge in [-0.25, -0.2) is 0 Å². The normalized spacial score (nSPS) is 13.8. The molecule has 2 N–H and O–H groups in total. The third-order valence-corrected chi connectivity index (χ3v) is 3.35. The summed E-state index contributed by atoms with van der Waals surface area (Å²) < 4.78 is 0. The van der Waals surface area contributed by atoms with E-state index in [1.54, 1.807) is 0 Å². The predicted molar refractivity (Wildman–Crippen MR) is 72.0 cm³/mol. The van der Waals surface area contributed by atoms with E-state index in [1.165, 1.54) is 0 Å². The van der Waals surface area contributed by atoms with Crippen molar-refractivity contribution >= 4 is 17.6 Å². The monoisotopic (exact) mass is 262 g/mol. The highest BCUT2D eigenvalue weighted by molar-refractivity contribution is 5.77. The van der Waals surface area contributed by atoms with Crippen molar-refractivity contribution in [2.75, 3.05) is 18.4 Å². The number of carbonyl (C=O) groups excluding carboxylic acids is 1. The van der Waals surface area contributed by atoms with Crippen molar-refractivity contribution in [3.05, 3.63) is 29.3 Å². The first-order chi connectivity index (χ1) is 9.11. The molecule has 0 bridgehead atoms. The van der Waals surface area contributed by atoms with E-state index >= 15 is 0 Å². The van der Waals surface area contributed by atoms with Gasteiger partial charge in [0.25, 0.3) is 0 Å². The largest absolute Gasteiger partial charge is 0.480 e. The van der Waals surface area contributed by atoms with Gasteiger partial charge in [-0.3, -0.25) is 9.59 Å². The first kappa shape index (κ1) is 13.4. The highest BCUT2D eigenvalue weighted by Crippen LogP contribution is 2.26. The van der Waals surface area contributed by atoms with Gasteiger partial charge in [-0.2, -0.15) is 0 Å². The molecular weight excluding hydrogens is 244 g/mol. The van der Waals surface area contributed by atoms with Gasteiger partial charge in [0.05, 0.1) is 0 Å². The standard InChI is InChI=1S/C14H18N2O3/c1-2-13(17)16-7-6-11-10(9-16)4-3-5-12(11)15-8-14(18)19/h3-5,15H,2,6-9H2,1H3,(H,18,19). The van der Waals surface area contributed by atoms with Crippen molar-refractivity contribution in [1.82, 2.24) is 4.90 Å². The van der Waals surface area contributed by atoms with Crippen molar-refractivity contribution in [1.29, 1.82) is 0 Å². The highest BCUT2D eigenvalue weighted by Gasteiger charge is 2.21. The fraction of sp³-hybridized carbons (Fsp3) is 0.429. The number of benzene rings is 1. The summed E-state index contributed by atoms with van der Waals surface area (Å²) in [5.74, 6) is -0.717. The molecule has 2 rings (SSSR count). The van der Waals surface area contributed by atoms with Crippen LogP contribution in [0.2, 0.25) is 0 Å². The van der Waals surface area contributed by atoms with Crippen LogP contribution in [0, 0.1) is 0 Å². The van der Waals surface area contributed by atoms with Crippen molar-refractivity contribution in [2.45, 2.75) is 26.3 Å². The zero-order valence-corrected chi connectivity index (χ0v) is 11.0. The van der Waals surface area contributed by atoms with Crippen LogP contribution in [0.5, 0.6) is 0 Å². The number of hydrogen-bond donors (Lipinski definition) is 2. The summed E-state index contributed by atoms with van der Waals surface area (Å²) in [7, 11) is 0. The number of nitrogens with one attached hydrogen (secondary N) is 1. The molecule has 0 aliphatic carbocycles. The number of nitrogens with zero attached hydrogens (tertiary/aromatic N) is 1. The van der Waals surface area contributed by atoms with Crippen molar-refractivity contribution in [3.63, 3.8) is 0 Å². The Bertz CT molecular complexity index is 499. The average Bonchev–Trinajstić information content (AvgIpc) is 2.43. The molecule has 0 spiro atoms. The summed E-state index contributed by atoms with van der Waals surface area (Å²) in [5.41, 5.74) is 3.09. The summed E-state index contributed by atoms with van der Waals surface area (Å²) in [6, 6.07) is 5.78. The lowest BCUT2D eigenvalue weighted by molar-refractivity contribution is -0.135. The van der Waals surface area contributed by atoms with E-state index in [-0.39, 0.29) is 12.5 Å². The van der Waals surface area contributed by atoms with Crippen molar-refractivity contribution in [2.24, 2.45) is 0 Å². The Hall–Kier alpha value is -2.04. The van der Waals surface area contributed by atoms with E-state index in [1.807, 2.05) is 30.0 Å². The van der Waals surface area contributed by atoms with Crippen LogP contribution in [0.1, 0.15) is 24.5 Å². The summed E-state index contributed by atoms with van der Waals surface area (Å²) >= 11 is 0. The number of amides is 1. The number of carbonyl (C=O) groups is 2. The van der Waals surface area contributed by atoms with E-state index < -0.39 is 5.97 Å². The first-order valence-corrected chi connectivity index (χ1v) is 6.46. The maximum Gasteiger partial charge on any atom is 0.322 e. The molecule has 102 valence electrons. The summed E-state index contributed by atoms with van der Waals surface area (Å²) in [6.07, 6.45) is 1.29. The Morgan fingerprint density at radius 3 is 2.89 bits per heavy atom. The molecule has 0 radical (unpaired) electrons. The van der Waals surface area contributed by atoms with Gasteiger partial charge in [0.15, 0.2) is 0 Å². The van der Waals surface area contributed by atoms with Crippen LogP contribution in [0.3, 0.4) is 0 Å². The smallest absolute Gasteiger partial charge is 0.322 e. The summed E-state index contributed by atoms with van der Waals surface area (Å²) in [4.78, 5) is 24.2. The van der Waals surface area contributed by atoms with Gasteiger partial charge in [-0.05, 0) is 23.6 Å². The molecule has 1 aliphatic rings. The maximum absolute atomic E-state index is 11.7. The van der Waals surface area contributed by atoms with Gasteiger partial charge < -0.3 is 15.3 Å². The van der Waals surface area contributed by atoms with E-state index in [0.717, 1.165) is 23.2 Å². The highest BCUT2D eigenvalue weighted by atomic mass is 16.4. The van der Waals surface area contributed by atoms with Gasteiger partial charge in [-0.1, -0.05) is 19.1 Å². The van der Waals surface area contributed by atoms with Gasteiger partial charge in [0, 0.05) is 25.2 Å². The lowest BCUT2D eigenvalue weighted by Gasteiger charge is -2.30. The summed E-state index contributed by atoms with van der Waals surface area (Å²) in [5, 5.41) is 11.6. The molecule has 1 aliphatic heterocycles. The number of fused-ring (bicyclic) bond motifs is 1. The minimum absolute atomic E-state index is 0.0892. The Balaban J connectivity index is 2.16. The topological polar surface area (TPSA) is 69.6 Å². The second-order valence-electron chi connectivity index (χ2n) is 4.61. The molecule has 1 aromatic carbocycles. The van der Waals surface area contributed by atoms with Crippen LogP contribution in [0.25, 0.3) is 0 Å². The van der Waals surface area contributed by atoms with E-state index in [2.05, 4.69) is 5.32 Å². The number of hydrogen-bond acceptors (Lipinski definition) is 3. The molecule has 0 atom stereocenters. The first-order valence-electron chi connectivity index (χ1n) is 6.46. The Labute approximate surface area is 112 Å². The molecule has 5 nitrogen and oxygen atoms in total. The lowest BCUT2D eigenvalue weighted by Crippen LogP contribution is -2.35. The van der Waals surface area contributed by atoms with Crippen LogP contribution in [0.15, 0.2) is 18.2 Å². The number of aliphatic carboxylic acids is 1. The number of carboxylic acids is 1. The van der Waals surface area contributed by atoms with Crippen LogP contribution in [0.4, 0.5) is 5.69 Å². The lowest BCUT2D eigenvalue weighted by atomic mass is 9.97. The molecule has 0 aromatic heterocycles. The van der Waals surface area contributed by atoms with Gasteiger partial charge >= 0.3 is 5.97 Å². The fourth-order valence-corrected chi connectivity index (χ4v) is 2.38. The molecule has 1 amide bonds. The number of rotatable bonds is 4. The maximum atomic E-state index is 11.7. The minimum Gasteiger partial charge on any atom is -0.480 e. The zero-order chi connectivity index (χ0) is 13.8. The van der Waals surface area contributed by atoms with Crippen LogP contribution < -0.4 is 5.32 Å². The van der Waals surface area contributed by atoms with E-state index in [9.17, 15) is 9.59 Å². The van der Waals surface area contributed by atoms with Crippen LogP contribution in [-0.4, -0.2) is 35.0 Å². The fourth-order valence-electron chi connectivity index (χ4n) is 2.38. The molecule has 5 heteroatoms. The third kappa shape index (κ3) is 3.05. The number of anilines is 1. The van der Waals surface area contributed by atoms with Gasteiger partial charge in [0.2, 0.25) is 5.91 Å². The van der Waals surface area contributed by atoms with E-state index in [4.69, 9.17) is 5.11 Å². The van der Waals surface area contributed by atoms with Crippen LogP contribution in [-0.2, 0) is 22.6 Å². The quantitative estimate of drug-likeness (QED) is 0.862. The minimum atomic E-state index is -0.879. The predicted octanol–water partition coefficient (Wildman–Crippen LogP) is 1.48. The van der Waals surface area contributed by atoms with Crippen molar-refractivity contribution < 1.29 is 14.7 Å². The Morgan fingerprint density at radius 1 is 1.42 bits per heavy atom. The van der Waals surface area contributed by atoms with Crippen LogP contribution >= 0.6 is 0 Å². The zero-order valence-electron chi connectivity index (χ0n) is 11.0. The molecule has 1 heterocycles. The molecule has 0 saturated heterocycles. The molecule has 0 saturated carbocycles. The molecule has 0 unspecified atom stereocenters. The molecular formula is C14H18N2O3. The molecule has 19 heavy (non-hydrogen) atoms. The Kier molecular flexibility index (Phi) is 4.04. The number of carboxylic acid groups (broad SMARTS) is 1. The second kappa shape index (κ2) is 5.73. The summed E-state index contributed by atoms with van der Waals surface area (Å²) in [6.45, 7) is 3.09. The Morgan fingerprint density at radius 2 is 2.21 bits per heavy atom. The molecule has 0 fully saturated rings. The second-order valence-corrected chi connectivity index (χ2v) is 4.61. The van der Waals surface area contributed by atoms with E-state index in [0.29, 0.717) is 19.5 Å². The van der Waals surface area contributed by atoms with Gasteiger partial charge in [-0.15, -0.1) is 0 Å². The third-order valence-electron chi connectivity index (χ3n) is 3.35. The van der Waals surface area contributed by atoms with Gasteiger partial charge in [0.1, 0.15) is 6.54 Å². The SMILES string of the molecule is CCC(=O)N1CCc2c(cccc2NCC(=O)O)C1. The average molecular weight is 262 g/mol. The van der Waals surface area contributed by atoms with Crippen molar-refractivity contribution in [3.8, 4) is 0 Å².